The maximum Gasteiger partial charge on any atom is 0.233 e. The molecule has 0 N–H and O–H groups in total. The predicted octanol–water partition coefficient (Wildman–Crippen LogP) is 1.14. The first kappa shape index (κ1) is 19.8. The molecule has 1 aromatic rings. The number of likely N-dealkylation sites (N-methyl/N-ethyl adjacent to an activating group) is 1. The standard InChI is InChI=1S/C19H27N3O4S/c1-20-7-9-21(10-8-20)17(23)13-18(24)22-11-12-27-19(22)14-26-16-6-4-3-5-15(16)25-2/h3-6,19H,7-14H2,1-2H3. The molecule has 0 radical (unpaired) electrons. The first-order valence-electron chi connectivity index (χ1n) is 9.21. The number of carbonyl (C=O) groups excluding carboxylic acids is 2. The Morgan fingerprint density at radius 1 is 1.07 bits per heavy atom. The first-order chi connectivity index (χ1) is 13.1. The topological polar surface area (TPSA) is 62.3 Å². The van der Waals surface area contributed by atoms with Crippen LogP contribution < -0.4 is 9.47 Å². The van der Waals surface area contributed by atoms with Gasteiger partial charge in [0, 0.05) is 38.5 Å². The lowest BCUT2D eigenvalue weighted by molar-refractivity contribution is -0.141. The van der Waals surface area contributed by atoms with Gasteiger partial charge >= 0.3 is 0 Å². The van der Waals surface area contributed by atoms with Crippen LogP contribution in [-0.4, -0.2) is 91.1 Å². The van der Waals surface area contributed by atoms with Crippen molar-refractivity contribution in [2.45, 2.75) is 11.8 Å². The molecule has 2 fully saturated rings. The zero-order valence-electron chi connectivity index (χ0n) is 15.9. The summed E-state index contributed by atoms with van der Waals surface area (Å²) in [5.74, 6) is 2.00. The van der Waals surface area contributed by atoms with E-state index in [4.69, 9.17) is 9.47 Å². The summed E-state index contributed by atoms with van der Waals surface area (Å²) in [6, 6.07) is 7.46. The minimum Gasteiger partial charge on any atom is -0.493 e. The van der Waals surface area contributed by atoms with E-state index in [0.717, 1.165) is 18.8 Å². The fourth-order valence-electron chi connectivity index (χ4n) is 3.24. The van der Waals surface area contributed by atoms with Crippen molar-refractivity contribution in [3.05, 3.63) is 24.3 Å². The lowest BCUT2D eigenvalue weighted by Gasteiger charge is -2.33. The number of hydrogen-bond donors (Lipinski definition) is 0. The second-order valence-corrected chi connectivity index (χ2v) is 8.02. The fourth-order valence-corrected chi connectivity index (χ4v) is 4.38. The van der Waals surface area contributed by atoms with Gasteiger partial charge in [0.05, 0.1) is 7.11 Å². The predicted molar refractivity (Wildman–Crippen MR) is 105 cm³/mol. The van der Waals surface area contributed by atoms with Crippen molar-refractivity contribution < 1.29 is 19.1 Å². The van der Waals surface area contributed by atoms with Gasteiger partial charge in [0.15, 0.2) is 11.5 Å². The number of rotatable bonds is 6. The van der Waals surface area contributed by atoms with Gasteiger partial charge in [-0.05, 0) is 19.2 Å². The Labute approximate surface area is 164 Å². The summed E-state index contributed by atoms with van der Waals surface area (Å²) < 4.78 is 11.2. The van der Waals surface area contributed by atoms with Gasteiger partial charge in [-0.15, -0.1) is 11.8 Å². The highest BCUT2D eigenvalue weighted by atomic mass is 32.2. The van der Waals surface area contributed by atoms with Gasteiger partial charge < -0.3 is 24.2 Å². The fraction of sp³-hybridized carbons (Fsp3) is 0.579. The second kappa shape index (κ2) is 9.32. The van der Waals surface area contributed by atoms with Crippen LogP contribution in [0.15, 0.2) is 24.3 Å². The number of nitrogens with zero attached hydrogens (tertiary/aromatic N) is 3. The van der Waals surface area contributed by atoms with Crippen molar-refractivity contribution in [3.8, 4) is 11.5 Å². The average molecular weight is 394 g/mol. The Bertz CT molecular complexity index is 664. The average Bonchev–Trinajstić information content (AvgIpc) is 3.15. The number of amides is 2. The Morgan fingerprint density at radius 3 is 2.48 bits per heavy atom. The maximum absolute atomic E-state index is 12.7. The molecule has 0 spiro atoms. The third kappa shape index (κ3) is 5.07. The Hall–Kier alpha value is -1.93. The van der Waals surface area contributed by atoms with Gasteiger partial charge in [0.25, 0.3) is 0 Å². The van der Waals surface area contributed by atoms with E-state index in [1.54, 1.807) is 28.7 Å². The van der Waals surface area contributed by atoms with Crippen LogP contribution in [0.3, 0.4) is 0 Å². The molecule has 1 atom stereocenters. The van der Waals surface area contributed by atoms with Crippen LogP contribution >= 0.6 is 11.8 Å². The molecule has 148 valence electrons. The summed E-state index contributed by atoms with van der Waals surface area (Å²) in [6.45, 7) is 4.12. The van der Waals surface area contributed by atoms with E-state index in [2.05, 4.69) is 4.90 Å². The molecular weight excluding hydrogens is 366 g/mol. The van der Waals surface area contributed by atoms with E-state index in [1.807, 2.05) is 31.3 Å². The lowest BCUT2D eigenvalue weighted by Crippen LogP contribution is -2.48. The van der Waals surface area contributed by atoms with Crippen LogP contribution in [0.25, 0.3) is 0 Å². The maximum atomic E-state index is 12.7. The van der Waals surface area contributed by atoms with Crippen molar-refractivity contribution in [2.75, 3.05) is 59.2 Å². The molecule has 8 heteroatoms. The van der Waals surface area contributed by atoms with Crippen LogP contribution in [0.2, 0.25) is 0 Å². The monoisotopic (exact) mass is 393 g/mol. The highest BCUT2D eigenvalue weighted by Crippen LogP contribution is 2.29. The van der Waals surface area contributed by atoms with Gasteiger partial charge in [0.2, 0.25) is 11.8 Å². The number of carbonyl (C=O) groups is 2. The van der Waals surface area contributed by atoms with E-state index in [-0.39, 0.29) is 23.6 Å². The summed E-state index contributed by atoms with van der Waals surface area (Å²) in [6.07, 6.45) is -0.0601. The molecule has 7 nitrogen and oxygen atoms in total. The van der Waals surface area contributed by atoms with E-state index in [0.29, 0.717) is 37.7 Å². The quantitative estimate of drug-likeness (QED) is 0.676. The number of methoxy groups -OCH3 is 1. The molecule has 2 aliphatic rings. The van der Waals surface area contributed by atoms with E-state index >= 15 is 0 Å². The highest BCUT2D eigenvalue weighted by Gasteiger charge is 2.32. The highest BCUT2D eigenvalue weighted by molar-refractivity contribution is 8.00. The van der Waals surface area contributed by atoms with Gasteiger partial charge in [-0.1, -0.05) is 12.1 Å². The number of piperazine rings is 1. The third-order valence-electron chi connectivity index (χ3n) is 4.92. The molecule has 2 heterocycles. The van der Waals surface area contributed by atoms with Crippen LogP contribution in [-0.2, 0) is 9.59 Å². The number of thioether (sulfide) groups is 1. The molecule has 1 aromatic carbocycles. The van der Waals surface area contributed by atoms with Crippen molar-refractivity contribution in [3.63, 3.8) is 0 Å². The van der Waals surface area contributed by atoms with Crippen LogP contribution in [0.5, 0.6) is 11.5 Å². The molecule has 3 rings (SSSR count). The van der Waals surface area contributed by atoms with Crippen molar-refractivity contribution in [2.24, 2.45) is 0 Å². The van der Waals surface area contributed by atoms with E-state index < -0.39 is 0 Å². The molecule has 2 saturated heterocycles. The Morgan fingerprint density at radius 2 is 1.78 bits per heavy atom. The smallest absolute Gasteiger partial charge is 0.233 e. The van der Waals surface area contributed by atoms with Gasteiger partial charge in [-0.2, -0.15) is 0 Å². The zero-order chi connectivity index (χ0) is 19.2. The summed E-state index contributed by atoms with van der Waals surface area (Å²) in [5.41, 5.74) is 0. The van der Waals surface area contributed by atoms with Crippen molar-refractivity contribution in [1.29, 1.82) is 0 Å². The van der Waals surface area contributed by atoms with Crippen LogP contribution in [0, 0.1) is 0 Å². The van der Waals surface area contributed by atoms with E-state index in [9.17, 15) is 9.59 Å². The molecule has 0 aromatic heterocycles. The van der Waals surface area contributed by atoms with Gasteiger partial charge in [0.1, 0.15) is 18.4 Å². The van der Waals surface area contributed by atoms with Gasteiger partial charge in [-0.3, -0.25) is 9.59 Å². The molecule has 2 amide bonds. The largest absolute Gasteiger partial charge is 0.493 e. The minimum atomic E-state index is -0.113. The first-order valence-corrected chi connectivity index (χ1v) is 10.3. The zero-order valence-corrected chi connectivity index (χ0v) is 16.7. The number of hydrogen-bond acceptors (Lipinski definition) is 6. The summed E-state index contributed by atoms with van der Waals surface area (Å²) >= 11 is 1.68. The Kier molecular flexibility index (Phi) is 6.84. The number of ether oxygens (including phenoxy) is 2. The molecule has 0 bridgehead atoms. The SMILES string of the molecule is COc1ccccc1OCC1SCCN1C(=O)CC(=O)N1CCN(C)CC1. The Balaban J connectivity index is 1.52. The number of para-hydroxylation sites is 2. The third-order valence-corrected chi connectivity index (χ3v) is 6.11. The summed E-state index contributed by atoms with van der Waals surface area (Å²) in [5, 5.41) is -0.0808. The summed E-state index contributed by atoms with van der Waals surface area (Å²) in [4.78, 5) is 30.9. The van der Waals surface area contributed by atoms with Crippen LogP contribution in [0.1, 0.15) is 6.42 Å². The molecule has 1 unspecified atom stereocenters. The molecule has 2 aliphatic heterocycles. The molecule has 0 aliphatic carbocycles. The molecule has 0 saturated carbocycles. The lowest BCUT2D eigenvalue weighted by atomic mass is 10.2. The van der Waals surface area contributed by atoms with Crippen molar-refractivity contribution in [1.82, 2.24) is 14.7 Å². The molecule has 27 heavy (non-hydrogen) atoms. The normalized spacial score (nSPS) is 20.6. The van der Waals surface area contributed by atoms with E-state index in [1.165, 1.54) is 0 Å². The minimum absolute atomic E-state index is 0.0601. The second-order valence-electron chi connectivity index (χ2n) is 6.74. The van der Waals surface area contributed by atoms with Crippen LogP contribution in [0.4, 0.5) is 0 Å². The van der Waals surface area contributed by atoms with Crippen molar-refractivity contribution >= 4 is 23.6 Å². The number of benzene rings is 1. The van der Waals surface area contributed by atoms with Gasteiger partial charge in [-0.25, -0.2) is 0 Å². The molecular formula is C19H27N3O4S. The summed E-state index contributed by atoms with van der Waals surface area (Å²) in [7, 11) is 3.65.